The summed E-state index contributed by atoms with van der Waals surface area (Å²) in [5, 5.41) is 17.5. The smallest absolute Gasteiger partial charge is 0.259 e. The third-order valence-electron chi connectivity index (χ3n) is 8.39. The van der Waals surface area contributed by atoms with Gasteiger partial charge in [-0.25, -0.2) is 9.67 Å². The number of nitrogens with one attached hydrogen (secondary N) is 1. The summed E-state index contributed by atoms with van der Waals surface area (Å²) in [6.45, 7) is 5.39. The molecule has 9 heteroatoms. The molecule has 196 valence electrons. The zero-order chi connectivity index (χ0) is 26.1. The summed E-state index contributed by atoms with van der Waals surface area (Å²) in [6, 6.07) is 10.9. The highest BCUT2D eigenvalue weighted by Gasteiger charge is 2.40. The molecule has 1 saturated heterocycles. The number of hydrogen-bond donors (Lipinski definition) is 1. The van der Waals surface area contributed by atoms with E-state index in [4.69, 9.17) is 4.74 Å². The third kappa shape index (κ3) is 4.82. The maximum Gasteiger partial charge on any atom is 0.259 e. The first-order valence-corrected chi connectivity index (χ1v) is 13.6. The molecule has 0 radical (unpaired) electrons. The molecule has 9 nitrogen and oxygen atoms in total. The lowest BCUT2D eigenvalue weighted by Gasteiger charge is -2.41. The van der Waals surface area contributed by atoms with Crippen LogP contribution in [0.5, 0.6) is 0 Å². The Hall–Kier alpha value is -3.61. The Morgan fingerprint density at radius 1 is 1.05 bits per heavy atom. The molecule has 4 heterocycles. The van der Waals surface area contributed by atoms with Crippen molar-refractivity contribution in [3.05, 3.63) is 65.4 Å². The van der Waals surface area contributed by atoms with Crippen molar-refractivity contribution < 1.29 is 9.53 Å². The van der Waals surface area contributed by atoms with Crippen molar-refractivity contribution in [2.45, 2.75) is 62.8 Å². The Bertz CT molecular complexity index is 1320. The number of pyridine rings is 2. The number of rotatable bonds is 6. The van der Waals surface area contributed by atoms with Crippen LogP contribution in [0.1, 0.15) is 71.8 Å². The van der Waals surface area contributed by atoms with Crippen LogP contribution in [0, 0.1) is 18.3 Å². The quantitative estimate of drug-likeness (QED) is 0.530. The molecule has 1 amide bonds. The number of morpholine rings is 1. The van der Waals surface area contributed by atoms with Gasteiger partial charge >= 0.3 is 0 Å². The molecule has 3 aromatic heterocycles. The summed E-state index contributed by atoms with van der Waals surface area (Å²) in [7, 11) is 0. The number of amides is 1. The number of nitrogens with zero attached hydrogens (tertiary/aromatic N) is 6. The van der Waals surface area contributed by atoms with E-state index in [1.54, 1.807) is 17.1 Å². The summed E-state index contributed by atoms with van der Waals surface area (Å²) >= 11 is 0. The van der Waals surface area contributed by atoms with Crippen molar-refractivity contribution in [3.8, 4) is 11.9 Å². The van der Waals surface area contributed by atoms with Crippen molar-refractivity contribution in [2.24, 2.45) is 0 Å². The molecule has 0 unspecified atom stereocenters. The molecule has 0 aromatic carbocycles. The standard InChI is InChI=1S/C29H33N7O2/c1-20-25(18-33-36(20)27-7-4-22(16-32-27)21-2-3-21)28(37)34-23-5-6-26(31-17-23)29(19-30)10-8-24(9-11-29)35-12-14-38-15-13-35/h4-7,16-18,21,24H,2-3,8-15H2,1H3,(H,34,37). The second kappa shape index (κ2) is 10.3. The zero-order valence-electron chi connectivity index (χ0n) is 21.8. The van der Waals surface area contributed by atoms with Crippen molar-refractivity contribution >= 4 is 11.6 Å². The number of ether oxygens (including phenoxy) is 1. The Morgan fingerprint density at radius 3 is 2.47 bits per heavy atom. The molecule has 38 heavy (non-hydrogen) atoms. The van der Waals surface area contributed by atoms with Gasteiger partial charge in [0, 0.05) is 25.3 Å². The van der Waals surface area contributed by atoms with Gasteiger partial charge in [0.1, 0.15) is 0 Å². The van der Waals surface area contributed by atoms with Gasteiger partial charge in [-0.15, -0.1) is 0 Å². The topological polar surface area (TPSA) is 109 Å². The highest BCUT2D eigenvalue weighted by molar-refractivity contribution is 6.04. The fourth-order valence-corrected chi connectivity index (χ4v) is 5.82. The predicted octanol–water partition coefficient (Wildman–Crippen LogP) is 4.14. The second-order valence-electron chi connectivity index (χ2n) is 10.7. The van der Waals surface area contributed by atoms with Gasteiger partial charge in [-0.05, 0) is 75.1 Å². The van der Waals surface area contributed by atoms with Crippen LogP contribution in [0.4, 0.5) is 5.69 Å². The minimum atomic E-state index is -0.578. The molecule has 6 rings (SSSR count). The van der Waals surface area contributed by atoms with E-state index in [-0.39, 0.29) is 5.91 Å². The molecule has 0 bridgehead atoms. The Labute approximate surface area is 222 Å². The number of anilines is 1. The largest absolute Gasteiger partial charge is 0.379 e. The number of hydrogen-bond acceptors (Lipinski definition) is 7. The van der Waals surface area contributed by atoms with E-state index in [1.165, 1.54) is 18.4 Å². The van der Waals surface area contributed by atoms with Crippen LogP contribution in [0.15, 0.2) is 42.9 Å². The molecule has 3 aromatic rings. The molecule has 1 N–H and O–H groups in total. The lowest BCUT2D eigenvalue weighted by Crippen LogP contribution is -2.47. The van der Waals surface area contributed by atoms with Crippen LogP contribution >= 0.6 is 0 Å². The maximum absolute atomic E-state index is 13.0. The maximum atomic E-state index is 13.0. The van der Waals surface area contributed by atoms with Crippen LogP contribution in [0.3, 0.4) is 0 Å². The number of nitriles is 1. The molecule has 3 fully saturated rings. The molecule has 0 spiro atoms. The Balaban J connectivity index is 1.10. The van der Waals surface area contributed by atoms with Crippen LogP contribution < -0.4 is 5.32 Å². The lowest BCUT2D eigenvalue weighted by molar-refractivity contribution is 0.00493. The van der Waals surface area contributed by atoms with Crippen LogP contribution in [-0.4, -0.2) is 62.9 Å². The van der Waals surface area contributed by atoms with Gasteiger partial charge in [0.25, 0.3) is 5.91 Å². The molecule has 0 atom stereocenters. The van der Waals surface area contributed by atoms with E-state index in [1.807, 2.05) is 31.3 Å². The number of aromatic nitrogens is 4. The Morgan fingerprint density at radius 2 is 1.84 bits per heavy atom. The molecule has 2 aliphatic carbocycles. The van der Waals surface area contributed by atoms with E-state index in [0.29, 0.717) is 29.0 Å². The second-order valence-corrected chi connectivity index (χ2v) is 10.7. The van der Waals surface area contributed by atoms with Gasteiger partial charge in [0.05, 0.1) is 59.7 Å². The van der Waals surface area contributed by atoms with Crippen LogP contribution in [0.2, 0.25) is 0 Å². The highest BCUT2D eigenvalue weighted by Crippen LogP contribution is 2.40. The van der Waals surface area contributed by atoms with E-state index in [9.17, 15) is 10.1 Å². The SMILES string of the molecule is Cc1c(C(=O)Nc2ccc(C3(C#N)CCC(N4CCOCC4)CC3)nc2)cnn1-c1ccc(C2CC2)cn1. The minimum absolute atomic E-state index is 0.251. The summed E-state index contributed by atoms with van der Waals surface area (Å²) in [5.74, 6) is 1.09. The van der Waals surface area contributed by atoms with E-state index < -0.39 is 5.41 Å². The average Bonchev–Trinajstić information content (AvgIpc) is 3.75. The summed E-state index contributed by atoms with van der Waals surface area (Å²) in [5.41, 5.74) is 3.26. The molecular formula is C29H33N7O2. The number of carbonyl (C=O) groups is 1. The molecule has 3 aliphatic rings. The molecular weight excluding hydrogens is 478 g/mol. The summed E-state index contributed by atoms with van der Waals surface area (Å²) in [6.07, 6.45) is 11.1. The highest BCUT2D eigenvalue weighted by atomic mass is 16.5. The molecule has 2 saturated carbocycles. The lowest BCUT2D eigenvalue weighted by atomic mass is 9.71. The third-order valence-corrected chi connectivity index (χ3v) is 8.39. The summed E-state index contributed by atoms with van der Waals surface area (Å²) in [4.78, 5) is 24.7. The summed E-state index contributed by atoms with van der Waals surface area (Å²) < 4.78 is 7.18. The van der Waals surface area contributed by atoms with Gasteiger partial charge in [-0.3, -0.25) is 14.7 Å². The first kappa shape index (κ1) is 24.7. The van der Waals surface area contributed by atoms with E-state index >= 15 is 0 Å². The van der Waals surface area contributed by atoms with Gasteiger partial charge in [0.15, 0.2) is 5.82 Å². The van der Waals surface area contributed by atoms with Crippen LogP contribution in [-0.2, 0) is 10.2 Å². The predicted molar refractivity (Wildman–Crippen MR) is 142 cm³/mol. The number of carbonyl (C=O) groups excluding carboxylic acids is 1. The van der Waals surface area contributed by atoms with E-state index in [2.05, 4.69) is 37.4 Å². The van der Waals surface area contributed by atoms with Gasteiger partial charge in [0.2, 0.25) is 0 Å². The van der Waals surface area contributed by atoms with Crippen molar-refractivity contribution in [1.29, 1.82) is 5.26 Å². The Kier molecular flexibility index (Phi) is 6.68. The first-order chi connectivity index (χ1) is 18.6. The first-order valence-electron chi connectivity index (χ1n) is 13.6. The fraction of sp³-hybridized carbons (Fsp3) is 0.483. The average molecular weight is 512 g/mol. The van der Waals surface area contributed by atoms with Gasteiger partial charge in [-0.1, -0.05) is 6.07 Å². The van der Waals surface area contributed by atoms with Crippen LogP contribution in [0.25, 0.3) is 5.82 Å². The van der Waals surface area contributed by atoms with E-state index in [0.717, 1.165) is 63.4 Å². The normalized spacial score (nSPS) is 24.1. The molecule has 1 aliphatic heterocycles. The minimum Gasteiger partial charge on any atom is -0.379 e. The van der Waals surface area contributed by atoms with Gasteiger partial charge < -0.3 is 10.1 Å². The van der Waals surface area contributed by atoms with Crippen molar-refractivity contribution in [1.82, 2.24) is 24.6 Å². The van der Waals surface area contributed by atoms with Gasteiger partial charge in [-0.2, -0.15) is 10.4 Å². The van der Waals surface area contributed by atoms with Crippen molar-refractivity contribution in [2.75, 3.05) is 31.6 Å². The monoisotopic (exact) mass is 511 g/mol. The van der Waals surface area contributed by atoms with Crippen molar-refractivity contribution in [3.63, 3.8) is 0 Å². The zero-order valence-corrected chi connectivity index (χ0v) is 21.8. The fourth-order valence-electron chi connectivity index (χ4n) is 5.82.